The molecule has 0 amide bonds. The van der Waals surface area contributed by atoms with E-state index in [0.29, 0.717) is 12.2 Å². The van der Waals surface area contributed by atoms with Crippen LogP contribution in [-0.2, 0) is 9.59 Å². The second-order valence-corrected chi connectivity index (χ2v) is 4.82. The van der Waals surface area contributed by atoms with Crippen LogP contribution in [0.2, 0.25) is 0 Å². The zero-order valence-electron chi connectivity index (χ0n) is 7.07. The van der Waals surface area contributed by atoms with Gasteiger partial charge in [-0.15, -0.1) is 0 Å². The van der Waals surface area contributed by atoms with E-state index in [2.05, 4.69) is 0 Å². The Morgan fingerprint density at radius 1 is 1.33 bits per heavy atom. The summed E-state index contributed by atoms with van der Waals surface area (Å²) in [6, 6.07) is 0. The Balaban J connectivity index is 3.37. The lowest BCUT2D eigenvalue weighted by molar-refractivity contribution is -0.110. The third kappa shape index (κ3) is 8.10. The maximum Gasteiger partial charge on any atom is 0.188 e. The van der Waals surface area contributed by atoms with Gasteiger partial charge in [0.25, 0.3) is 0 Å². The Labute approximate surface area is 80.3 Å². The summed E-state index contributed by atoms with van der Waals surface area (Å²) >= 11 is 2.06. The molecule has 0 spiro atoms. The van der Waals surface area contributed by atoms with Crippen LogP contribution in [0.5, 0.6) is 0 Å². The predicted octanol–water partition coefficient (Wildman–Crippen LogP) is 1.25. The van der Waals surface area contributed by atoms with Crippen molar-refractivity contribution >= 4 is 33.8 Å². The Hall–Kier alpha value is -0.0000000000000000555. The van der Waals surface area contributed by atoms with Crippen LogP contribution in [-0.4, -0.2) is 26.5 Å². The number of rotatable bonds is 4. The highest BCUT2D eigenvalue weighted by Crippen LogP contribution is 2.15. The van der Waals surface area contributed by atoms with E-state index in [-0.39, 0.29) is 10.2 Å². The fourth-order valence-electron chi connectivity index (χ4n) is 0.554. The third-order valence-corrected chi connectivity index (χ3v) is 2.66. The van der Waals surface area contributed by atoms with Gasteiger partial charge in [0.05, 0.1) is 0 Å². The summed E-state index contributed by atoms with van der Waals surface area (Å²) in [5, 5.41) is 9.09. The van der Waals surface area contributed by atoms with Crippen molar-refractivity contribution in [3.63, 3.8) is 0 Å². The molecule has 0 aromatic rings. The lowest BCUT2D eigenvalue weighted by Gasteiger charge is -2.05. The summed E-state index contributed by atoms with van der Waals surface area (Å²) in [5.74, 6) is 0.566. The molecule has 3 nitrogen and oxygen atoms in total. The standard InChI is InChI=1S/C7H12O3S2/c1-5(8)11-4-3-7(10)12-6(2)9/h7,10H,3-4H2,1-2H3. The lowest BCUT2D eigenvalue weighted by atomic mass is 10.5. The number of hydrogen-bond donors (Lipinski definition) is 1. The number of carbonyl (C=O) groups is 2. The molecule has 0 aliphatic heterocycles. The highest BCUT2D eigenvalue weighted by Gasteiger charge is 2.07. The van der Waals surface area contributed by atoms with Gasteiger partial charge >= 0.3 is 0 Å². The molecular weight excluding hydrogens is 196 g/mol. The molecular formula is C7H12O3S2. The largest absolute Gasteiger partial charge is 0.382 e. The van der Waals surface area contributed by atoms with Gasteiger partial charge in [0.1, 0.15) is 5.44 Å². The minimum Gasteiger partial charge on any atom is -0.382 e. The van der Waals surface area contributed by atoms with E-state index in [4.69, 9.17) is 5.11 Å². The molecule has 0 saturated heterocycles. The third-order valence-electron chi connectivity index (χ3n) is 0.972. The van der Waals surface area contributed by atoms with Crippen LogP contribution in [0.4, 0.5) is 0 Å². The number of aliphatic hydroxyl groups is 1. The molecule has 0 radical (unpaired) electrons. The average molecular weight is 208 g/mol. The Bertz CT molecular complexity index is 170. The SMILES string of the molecule is CC(=O)SCCC(O)SC(C)=O. The molecule has 0 aromatic heterocycles. The molecule has 1 unspecified atom stereocenters. The quantitative estimate of drug-likeness (QED) is 0.705. The van der Waals surface area contributed by atoms with Gasteiger partial charge in [-0.1, -0.05) is 23.5 Å². The number of hydrogen-bond acceptors (Lipinski definition) is 5. The summed E-state index contributed by atoms with van der Waals surface area (Å²) < 4.78 is 0. The minimum absolute atomic E-state index is 0.0371. The second-order valence-electron chi connectivity index (χ2n) is 2.19. The van der Waals surface area contributed by atoms with Gasteiger partial charge in [0.15, 0.2) is 10.2 Å². The van der Waals surface area contributed by atoms with Gasteiger partial charge in [-0.3, -0.25) is 9.59 Å². The van der Waals surface area contributed by atoms with Gasteiger partial charge in [0, 0.05) is 19.6 Å². The van der Waals surface area contributed by atoms with Crippen molar-refractivity contribution in [2.75, 3.05) is 5.75 Å². The summed E-state index contributed by atoms with van der Waals surface area (Å²) in [7, 11) is 0. The molecule has 0 aliphatic rings. The van der Waals surface area contributed by atoms with Crippen LogP contribution < -0.4 is 0 Å². The molecule has 0 bridgehead atoms. The van der Waals surface area contributed by atoms with Crippen LogP contribution in [0.15, 0.2) is 0 Å². The predicted molar refractivity (Wildman–Crippen MR) is 52.0 cm³/mol. The van der Waals surface area contributed by atoms with E-state index in [1.807, 2.05) is 0 Å². The maximum absolute atomic E-state index is 10.5. The number of thioether (sulfide) groups is 2. The van der Waals surface area contributed by atoms with Crippen molar-refractivity contribution in [2.24, 2.45) is 0 Å². The second kappa shape index (κ2) is 6.51. The minimum atomic E-state index is -0.672. The first-order valence-electron chi connectivity index (χ1n) is 3.51. The molecule has 0 heterocycles. The first-order valence-corrected chi connectivity index (χ1v) is 5.37. The van der Waals surface area contributed by atoms with Gasteiger partial charge in [-0.05, 0) is 6.42 Å². The molecule has 70 valence electrons. The van der Waals surface area contributed by atoms with E-state index in [9.17, 15) is 9.59 Å². The highest BCUT2D eigenvalue weighted by atomic mass is 32.2. The smallest absolute Gasteiger partial charge is 0.188 e. The molecule has 0 fully saturated rings. The molecule has 0 aliphatic carbocycles. The molecule has 5 heteroatoms. The molecule has 0 aromatic carbocycles. The molecule has 0 rings (SSSR count). The van der Waals surface area contributed by atoms with Gasteiger partial charge < -0.3 is 5.11 Å². The van der Waals surface area contributed by atoms with Crippen LogP contribution in [0.1, 0.15) is 20.3 Å². The van der Waals surface area contributed by atoms with Gasteiger partial charge in [-0.2, -0.15) is 0 Å². The lowest BCUT2D eigenvalue weighted by Crippen LogP contribution is -2.05. The zero-order chi connectivity index (χ0) is 9.56. The Morgan fingerprint density at radius 2 is 1.92 bits per heavy atom. The molecule has 0 saturated carbocycles. The molecule has 1 N–H and O–H groups in total. The maximum atomic E-state index is 10.5. The van der Waals surface area contributed by atoms with Crippen molar-refractivity contribution in [1.29, 1.82) is 0 Å². The summed E-state index contributed by atoms with van der Waals surface area (Å²) in [5.41, 5.74) is -0.672. The van der Waals surface area contributed by atoms with Crippen LogP contribution >= 0.6 is 23.5 Å². The van der Waals surface area contributed by atoms with E-state index in [1.165, 1.54) is 13.8 Å². The van der Waals surface area contributed by atoms with Crippen molar-refractivity contribution in [1.82, 2.24) is 0 Å². The van der Waals surface area contributed by atoms with Crippen LogP contribution in [0.25, 0.3) is 0 Å². The zero-order valence-corrected chi connectivity index (χ0v) is 8.70. The normalized spacial score (nSPS) is 12.6. The Kier molecular flexibility index (Phi) is 6.51. The van der Waals surface area contributed by atoms with E-state index in [1.54, 1.807) is 0 Å². The number of carbonyl (C=O) groups excluding carboxylic acids is 2. The van der Waals surface area contributed by atoms with Gasteiger partial charge in [-0.25, -0.2) is 0 Å². The average Bonchev–Trinajstić information content (AvgIpc) is 1.84. The summed E-state index contributed by atoms with van der Waals surface area (Å²) in [6.07, 6.45) is 0.467. The highest BCUT2D eigenvalue weighted by molar-refractivity contribution is 8.14. The fourth-order valence-corrected chi connectivity index (χ4v) is 1.95. The first-order chi connectivity index (χ1) is 5.52. The molecule has 1 atom stereocenters. The van der Waals surface area contributed by atoms with E-state index in [0.717, 1.165) is 23.5 Å². The van der Waals surface area contributed by atoms with E-state index < -0.39 is 5.44 Å². The topological polar surface area (TPSA) is 54.4 Å². The van der Waals surface area contributed by atoms with Crippen LogP contribution in [0, 0.1) is 0 Å². The van der Waals surface area contributed by atoms with Crippen molar-refractivity contribution < 1.29 is 14.7 Å². The van der Waals surface area contributed by atoms with Crippen molar-refractivity contribution in [3.8, 4) is 0 Å². The van der Waals surface area contributed by atoms with E-state index >= 15 is 0 Å². The Morgan fingerprint density at radius 3 is 2.33 bits per heavy atom. The van der Waals surface area contributed by atoms with Gasteiger partial charge in [0.2, 0.25) is 0 Å². The van der Waals surface area contributed by atoms with Crippen molar-refractivity contribution in [3.05, 3.63) is 0 Å². The monoisotopic (exact) mass is 208 g/mol. The fraction of sp³-hybridized carbons (Fsp3) is 0.714. The molecule has 12 heavy (non-hydrogen) atoms. The first kappa shape index (κ1) is 12.0. The van der Waals surface area contributed by atoms with Crippen molar-refractivity contribution in [2.45, 2.75) is 25.7 Å². The summed E-state index contributed by atoms with van der Waals surface area (Å²) in [6.45, 7) is 2.89. The summed E-state index contributed by atoms with van der Waals surface area (Å²) in [4.78, 5) is 20.9. The van der Waals surface area contributed by atoms with Crippen LogP contribution in [0.3, 0.4) is 0 Å². The number of aliphatic hydroxyl groups excluding tert-OH is 1.